The highest BCUT2D eigenvalue weighted by Gasteiger charge is 2.43. The summed E-state index contributed by atoms with van der Waals surface area (Å²) in [6, 6.07) is 0. The fraction of sp³-hybridized carbons (Fsp3) is 0.533. The quantitative estimate of drug-likeness (QED) is 0.485. The van der Waals surface area contributed by atoms with Crippen LogP contribution < -0.4 is 0 Å². The van der Waals surface area contributed by atoms with Crippen molar-refractivity contribution in [2.45, 2.75) is 51.6 Å². The minimum Gasteiger partial charge on any atom is -0.491 e. The lowest BCUT2D eigenvalue weighted by Gasteiger charge is -2.23. The van der Waals surface area contributed by atoms with Gasteiger partial charge in [-0.3, -0.25) is 4.79 Å². The molecule has 0 spiro atoms. The first-order valence-corrected chi connectivity index (χ1v) is 7.00. The third-order valence-electron chi connectivity index (χ3n) is 3.70. The van der Waals surface area contributed by atoms with Gasteiger partial charge >= 0.3 is 11.9 Å². The van der Waals surface area contributed by atoms with Gasteiger partial charge in [0.1, 0.15) is 16.9 Å². The molecule has 21 heavy (non-hydrogen) atoms. The molecule has 2 rings (SSSR count). The van der Waals surface area contributed by atoms with Gasteiger partial charge < -0.3 is 14.6 Å². The predicted molar refractivity (Wildman–Crippen MR) is 72.1 cm³/mol. The average Bonchev–Trinajstić information content (AvgIpc) is 2.89. The standard InChI is InChI=1S/C15H18O6/c1-3-4-6-15(2)7-5-9(21-15)12-13(18)10(8-11(16)17)20-14(12)19/h8H,3-7H2,1-2H3,(H,16,17)/b10-8-,12-9+. The molecule has 6 nitrogen and oxygen atoms in total. The number of carbonyl (C=O) groups excluding carboxylic acids is 2. The summed E-state index contributed by atoms with van der Waals surface area (Å²) in [6.45, 7) is 4.04. The van der Waals surface area contributed by atoms with Crippen molar-refractivity contribution in [2.24, 2.45) is 0 Å². The van der Waals surface area contributed by atoms with Crippen LogP contribution in [0.2, 0.25) is 0 Å². The Kier molecular flexibility index (Phi) is 4.16. The van der Waals surface area contributed by atoms with Crippen LogP contribution in [0.15, 0.2) is 23.2 Å². The second-order valence-corrected chi connectivity index (χ2v) is 5.52. The van der Waals surface area contributed by atoms with Crippen LogP contribution in [0, 0.1) is 0 Å². The van der Waals surface area contributed by atoms with Crippen molar-refractivity contribution < 1.29 is 29.0 Å². The molecule has 1 unspecified atom stereocenters. The molecule has 0 saturated carbocycles. The van der Waals surface area contributed by atoms with Crippen molar-refractivity contribution in [2.75, 3.05) is 0 Å². The number of hydrogen-bond donors (Lipinski definition) is 1. The second-order valence-electron chi connectivity index (χ2n) is 5.52. The third-order valence-corrected chi connectivity index (χ3v) is 3.70. The van der Waals surface area contributed by atoms with Crippen LogP contribution in [0.1, 0.15) is 46.0 Å². The van der Waals surface area contributed by atoms with Crippen molar-refractivity contribution in [3.8, 4) is 0 Å². The Morgan fingerprint density at radius 1 is 1.43 bits per heavy atom. The Bertz CT molecular complexity index is 557. The summed E-state index contributed by atoms with van der Waals surface area (Å²) in [5, 5.41) is 8.64. The zero-order valence-electron chi connectivity index (χ0n) is 12.1. The fourth-order valence-corrected chi connectivity index (χ4v) is 2.54. The number of carbonyl (C=O) groups is 3. The SMILES string of the molecule is CCCCC1(C)CC/C(=C2\C(=O)O/C(=C\C(=O)O)C2=O)O1. The number of ether oxygens (including phenoxy) is 2. The minimum absolute atomic E-state index is 0.164. The van der Waals surface area contributed by atoms with Gasteiger partial charge in [-0.25, -0.2) is 9.59 Å². The Balaban J connectivity index is 2.23. The number of ketones is 1. The van der Waals surface area contributed by atoms with Gasteiger partial charge in [0.15, 0.2) is 5.76 Å². The topological polar surface area (TPSA) is 89.9 Å². The zero-order chi connectivity index (χ0) is 15.6. The molecule has 0 aromatic rings. The van der Waals surface area contributed by atoms with E-state index < -0.39 is 23.5 Å². The summed E-state index contributed by atoms with van der Waals surface area (Å²) in [5.41, 5.74) is -0.541. The minimum atomic E-state index is -1.34. The second kappa shape index (κ2) is 5.71. The van der Waals surface area contributed by atoms with Gasteiger partial charge in [0.25, 0.3) is 0 Å². The number of unbranched alkanes of at least 4 members (excludes halogenated alkanes) is 1. The number of carboxylic acids is 1. The van der Waals surface area contributed by atoms with Gasteiger partial charge in [-0.2, -0.15) is 0 Å². The average molecular weight is 294 g/mol. The number of allylic oxidation sites excluding steroid dienone is 2. The first-order valence-electron chi connectivity index (χ1n) is 7.00. The predicted octanol–water partition coefficient (Wildman–Crippen LogP) is 2.09. The van der Waals surface area contributed by atoms with Crippen molar-refractivity contribution in [1.29, 1.82) is 0 Å². The molecule has 0 bridgehead atoms. The molecule has 2 aliphatic rings. The van der Waals surface area contributed by atoms with Crippen molar-refractivity contribution in [1.82, 2.24) is 0 Å². The molecule has 1 N–H and O–H groups in total. The maximum atomic E-state index is 12.0. The zero-order valence-corrected chi connectivity index (χ0v) is 12.1. The summed E-state index contributed by atoms with van der Waals surface area (Å²) in [4.78, 5) is 34.4. The molecule has 0 aromatic heterocycles. The Labute approximate surface area is 122 Å². The van der Waals surface area contributed by atoms with Gasteiger partial charge in [0.05, 0.1) is 6.08 Å². The summed E-state index contributed by atoms with van der Waals surface area (Å²) in [5.74, 6) is -3.02. The first-order chi connectivity index (χ1) is 9.86. The van der Waals surface area contributed by atoms with E-state index in [9.17, 15) is 14.4 Å². The Hall–Kier alpha value is -2.11. The van der Waals surface area contributed by atoms with Crippen LogP contribution >= 0.6 is 0 Å². The molecule has 0 amide bonds. The van der Waals surface area contributed by atoms with E-state index in [1.807, 2.05) is 6.92 Å². The molecule has 2 saturated heterocycles. The molecule has 0 radical (unpaired) electrons. The van der Waals surface area contributed by atoms with E-state index in [0.29, 0.717) is 18.3 Å². The molecule has 2 aliphatic heterocycles. The van der Waals surface area contributed by atoms with Crippen LogP contribution in [0.5, 0.6) is 0 Å². The van der Waals surface area contributed by atoms with E-state index in [-0.39, 0.29) is 11.2 Å². The van der Waals surface area contributed by atoms with Gasteiger partial charge in [-0.1, -0.05) is 13.3 Å². The van der Waals surface area contributed by atoms with Gasteiger partial charge in [-0.15, -0.1) is 0 Å². The maximum absolute atomic E-state index is 12.0. The van der Waals surface area contributed by atoms with Gasteiger partial charge in [-0.05, 0) is 26.2 Å². The van der Waals surface area contributed by atoms with Crippen LogP contribution in [-0.4, -0.2) is 28.4 Å². The van der Waals surface area contributed by atoms with Crippen molar-refractivity contribution in [3.63, 3.8) is 0 Å². The highest BCUT2D eigenvalue weighted by Crippen LogP contribution is 2.39. The summed E-state index contributed by atoms with van der Waals surface area (Å²) in [6.07, 6.45) is 4.69. The molecule has 0 aromatic carbocycles. The highest BCUT2D eigenvalue weighted by molar-refractivity contribution is 6.29. The summed E-state index contributed by atoms with van der Waals surface area (Å²) >= 11 is 0. The Morgan fingerprint density at radius 3 is 2.76 bits per heavy atom. The van der Waals surface area contributed by atoms with Crippen molar-refractivity contribution in [3.05, 3.63) is 23.2 Å². The van der Waals surface area contributed by atoms with Gasteiger partial charge in [0.2, 0.25) is 5.78 Å². The van der Waals surface area contributed by atoms with Crippen LogP contribution in [-0.2, 0) is 23.9 Å². The third kappa shape index (κ3) is 3.15. The molecular formula is C15H18O6. The van der Waals surface area contributed by atoms with E-state index in [2.05, 4.69) is 6.92 Å². The lowest BCUT2D eigenvalue weighted by molar-refractivity contribution is -0.133. The largest absolute Gasteiger partial charge is 0.491 e. The molecule has 2 fully saturated rings. The first kappa shape index (κ1) is 15.3. The normalized spacial score (nSPS) is 30.7. The fourth-order valence-electron chi connectivity index (χ4n) is 2.54. The number of Topliss-reactive ketones (excluding diaryl/α,β-unsaturated/α-hetero) is 1. The molecule has 1 atom stereocenters. The monoisotopic (exact) mass is 294 g/mol. The van der Waals surface area contributed by atoms with Crippen LogP contribution in [0.25, 0.3) is 0 Å². The van der Waals surface area contributed by atoms with E-state index in [0.717, 1.165) is 25.7 Å². The number of cyclic esters (lactones) is 1. The summed E-state index contributed by atoms with van der Waals surface area (Å²) < 4.78 is 10.5. The number of esters is 1. The van der Waals surface area contributed by atoms with Crippen LogP contribution in [0.3, 0.4) is 0 Å². The van der Waals surface area contributed by atoms with Crippen LogP contribution in [0.4, 0.5) is 0 Å². The number of aliphatic carboxylic acids is 1. The van der Waals surface area contributed by atoms with E-state index in [4.69, 9.17) is 14.6 Å². The molecule has 6 heteroatoms. The van der Waals surface area contributed by atoms with E-state index >= 15 is 0 Å². The maximum Gasteiger partial charge on any atom is 0.351 e. The van der Waals surface area contributed by atoms with E-state index in [1.165, 1.54) is 0 Å². The summed E-state index contributed by atoms with van der Waals surface area (Å²) in [7, 11) is 0. The number of carboxylic acid groups (broad SMARTS) is 1. The van der Waals surface area contributed by atoms with Crippen molar-refractivity contribution >= 4 is 17.7 Å². The van der Waals surface area contributed by atoms with Gasteiger partial charge in [0, 0.05) is 6.42 Å². The molecule has 2 heterocycles. The smallest absolute Gasteiger partial charge is 0.351 e. The lowest BCUT2D eigenvalue weighted by Crippen LogP contribution is -2.22. The molecule has 114 valence electrons. The number of hydrogen-bond acceptors (Lipinski definition) is 5. The highest BCUT2D eigenvalue weighted by atomic mass is 16.6. The number of rotatable bonds is 4. The van der Waals surface area contributed by atoms with E-state index in [1.54, 1.807) is 0 Å². The molecule has 0 aliphatic carbocycles. The lowest BCUT2D eigenvalue weighted by atomic mass is 9.95. The molecular weight excluding hydrogens is 276 g/mol. The Morgan fingerprint density at radius 2 is 2.14 bits per heavy atom.